The lowest BCUT2D eigenvalue weighted by atomic mass is 9.80. The minimum Gasteiger partial charge on any atom is -0.423 e. The van der Waals surface area contributed by atoms with Crippen LogP contribution in [0, 0.1) is 5.92 Å². The predicted octanol–water partition coefficient (Wildman–Crippen LogP) is 0.401. The number of hydrogen-bond donors (Lipinski definition) is 2. The number of fused-ring (bicyclic) bond motifs is 3. The maximum Gasteiger partial charge on any atom is 0.490 e. The highest BCUT2D eigenvalue weighted by atomic mass is 16.4. The highest BCUT2D eigenvalue weighted by Gasteiger charge is 2.53. The van der Waals surface area contributed by atoms with Crippen molar-refractivity contribution in [2.24, 2.45) is 5.92 Å². The van der Waals surface area contributed by atoms with Gasteiger partial charge in [0.2, 0.25) is 5.91 Å². The molecule has 5 rings (SSSR count). The van der Waals surface area contributed by atoms with Crippen molar-refractivity contribution in [2.45, 2.75) is 69.5 Å². The standard InChI is InChI=1S/C19H26BN3O3/c1-19(2)17-16(6-12(9-21-17)20(25)26)23(18(19)24)15-7-14(8-15)22-10-11-3-4-13(22)5-11/h6,9,11,13-15,25-26H,3-5,7-8,10H2,1-2H3/t11-,13+,14?,15?/m0/s1. The van der Waals surface area contributed by atoms with Crippen LogP contribution in [0.25, 0.3) is 0 Å². The Morgan fingerprint density at radius 2 is 1.92 bits per heavy atom. The number of hydrogen-bond acceptors (Lipinski definition) is 5. The van der Waals surface area contributed by atoms with Gasteiger partial charge in [-0.1, -0.05) is 0 Å². The molecule has 3 heterocycles. The van der Waals surface area contributed by atoms with E-state index in [0.717, 1.165) is 36.2 Å². The normalized spacial score (nSPS) is 34.9. The number of carbonyl (C=O) groups excluding carboxylic acids is 1. The fraction of sp³-hybridized carbons (Fsp3) is 0.684. The number of likely N-dealkylation sites (tertiary alicyclic amines) is 1. The van der Waals surface area contributed by atoms with Crippen molar-refractivity contribution < 1.29 is 14.8 Å². The highest BCUT2D eigenvalue weighted by molar-refractivity contribution is 6.58. The average molecular weight is 355 g/mol. The second kappa shape index (κ2) is 5.53. The third-order valence-electron chi connectivity index (χ3n) is 7.17. The van der Waals surface area contributed by atoms with Crippen LogP contribution in [-0.4, -0.2) is 57.6 Å². The largest absolute Gasteiger partial charge is 0.490 e. The van der Waals surface area contributed by atoms with Gasteiger partial charge in [-0.15, -0.1) is 0 Å². The summed E-state index contributed by atoms with van der Waals surface area (Å²) in [5, 5.41) is 19.0. The number of carbonyl (C=O) groups is 1. The molecule has 2 saturated carbocycles. The molecule has 1 amide bonds. The number of nitrogens with zero attached hydrogens (tertiary/aromatic N) is 3. The van der Waals surface area contributed by atoms with Crippen molar-refractivity contribution in [3.63, 3.8) is 0 Å². The second-order valence-corrected chi connectivity index (χ2v) is 9.12. The van der Waals surface area contributed by atoms with E-state index in [2.05, 4.69) is 9.88 Å². The van der Waals surface area contributed by atoms with E-state index in [0.29, 0.717) is 11.5 Å². The Morgan fingerprint density at radius 3 is 2.54 bits per heavy atom. The Hall–Kier alpha value is -1.44. The van der Waals surface area contributed by atoms with Gasteiger partial charge < -0.3 is 14.9 Å². The molecular weight excluding hydrogens is 329 g/mol. The van der Waals surface area contributed by atoms with Gasteiger partial charge in [-0.3, -0.25) is 14.7 Å². The molecule has 4 aliphatic rings. The maximum atomic E-state index is 13.1. The molecule has 6 nitrogen and oxygen atoms in total. The molecule has 7 heteroatoms. The Morgan fingerprint density at radius 1 is 1.15 bits per heavy atom. The van der Waals surface area contributed by atoms with Crippen LogP contribution in [0.4, 0.5) is 5.69 Å². The first-order valence-electron chi connectivity index (χ1n) is 9.82. The zero-order chi connectivity index (χ0) is 18.2. The number of aromatic nitrogens is 1. The van der Waals surface area contributed by atoms with Crippen LogP contribution in [0.3, 0.4) is 0 Å². The summed E-state index contributed by atoms with van der Waals surface area (Å²) >= 11 is 0. The van der Waals surface area contributed by atoms with Gasteiger partial charge in [-0.05, 0) is 57.9 Å². The van der Waals surface area contributed by atoms with Gasteiger partial charge in [-0.25, -0.2) is 0 Å². The Labute approximate surface area is 154 Å². The first kappa shape index (κ1) is 16.7. The van der Waals surface area contributed by atoms with Crippen LogP contribution >= 0.6 is 0 Å². The monoisotopic (exact) mass is 355 g/mol. The van der Waals surface area contributed by atoms with E-state index < -0.39 is 12.5 Å². The SMILES string of the molecule is CC1(C)C(=O)N(C2CC(N3C[C@H]4CC[C@@H]3C4)C2)c2cc(B(O)O)cnc21. The van der Waals surface area contributed by atoms with Crippen molar-refractivity contribution in [1.29, 1.82) is 0 Å². The average Bonchev–Trinajstić information content (AvgIpc) is 3.23. The van der Waals surface area contributed by atoms with E-state index in [4.69, 9.17) is 0 Å². The lowest BCUT2D eigenvalue weighted by Gasteiger charge is -2.48. The van der Waals surface area contributed by atoms with E-state index in [1.807, 2.05) is 18.7 Å². The molecule has 138 valence electrons. The van der Waals surface area contributed by atoms with Crippen LogP contribution in [0.5, 0.6) is 0 Å². The minimum atomic E-state index is -1.57. The summed E-state index contributed by atoms with van der Waals surface area (Å²) in [6.45, 7) is 5.05. The van der Waals surface area contributed by atoms with Crippen LogP contribution in [0.15, 0.2) is 12.3 Å². The third kappa shape index (κ3) is 2.23. The summed E-state index contributed by atoms with van der Waals surface area (Å²) in [6.07, 6.45) is 7.58. The highest BCUT2D eigenvalue weighted by Crippen LogP contribution is 2.47. The van der Waals surface area contributed by atoms with Crippen molar-refractivity contribution >= 4 is 24.2 Å². The topological polar surface area (TPSA) is 76.9 Å². The summed E-state index contributed by atoms with van der Waals surface area (Å²) in [4.78, 5) is 22.1. The van der Waals surface area contributed by atoms with Crippen LogP contribution in [0.2, 0.25) is 0 Å². The number of anilines is 1. The molecular formula is C19H26BN3O3. The Kier molecular flexibility index (Phi) is 3.56. The molecule has 2 bridgehead atoms. The molecule has 2 atom stereocenters. The maximum absolute atomic E-state index is 13.1. The van der Waals surface area contributed by atoms with Crippen molar-refractivity contribution in [2.75, 3.05) is 11.4 Å². The van der Waals surface area contributed by atoms with Gasteiger partial charge in [0.15, 0.2) is 0 Å². The van der Waals surface area contributed by atoms with Crippen LogP contribution < -0.4 is 10.4 Å². The molecule has 0 aromatic carbocycles. The molecule has 0 spiro atoms. The van der Waals surface area contributed by atoms with Gasteiger partial charge in [0, 0.05) is 36.3 Å². The van der Waals surface area contributed by atoms with Gasteiger partial charge in [0.05, 0.1) is 16.8 Å². The predicted molar refractivity (Wildman–Crippen MR) is 99.2 cm³/mol. The lowest BCUT2D eigenvalue weighted by molar-refractivity contribution is -0.123. The molecule has 1 aromatic rings. The van der Waals surface area contributed by atoms with E-state index in [1.165, 1.54) is 32.0 Å². The van der Waals surface area contributed by atoms with Crippen molar-refractivity contribution in [3.05, 3.63) is 18.0 Å². The van der Waals surface area contributed by atoms with Gasteiger partial charge in [0.1, 0.15) is 0 Å². The molecule has 0 radical (unpaired) electrons. The minimum absolute atomic E-state index is 0.0796. The van der Waals surface area contributed by atoms with Crippen LogP contribution in [0.1, 0.15) is 51.6 Å². The Balaban J connectivity index is 1.39. The van der Waals surface area contributed by atoms with Crippen molar-refractivity contribution in [1.82, 2.24) is 9.88 Å². The van der Waals surface area contributed by atoms with E-state index in [9.17, 15) is 14.8 Å². The first-order chi connectivity index (χ1) is 12.4. The number of amides is 1. The Bertz CT molecular complexity index is 762. The van der Waals surface area contributed by atoms with Gasteiger partial charge in [0.25, 0.3) is 0 Å². The summed E-state index contributed by atoms with van der Waals surface area (Å²) in [7, 11) is -1.57. The van der Waals surface area contributed by atoms with Gasteiger partial charge in [-0.2, -0.15) is 0 Å². The second-order valence-electron chi connectivity index (χ2n) is 9.12. The molecule has 3 fully saturated rings. The third-order valence-corrected chi connectivity index (χ3v) is 7.17. The summed E-state index contributed by atoms with van der Waals surface area (Å²) in [5.41, 5.74) is 1.19. The molecule has 0 unspecified atom stereocenters. The molecule has 2 aliphatic carbocycles. The number of piperidine rings is 1. The molecule has 26 heavy (non-hydrogen) atoms. The lowest BCUT2D eigenvalue weighted by Crippen LogP contribution is -2.57. The van der Waals surface area contributed by atoms with Gasteiger partial charge >= 0.3 is 7.12 Å². The summed E-state index contributed by atoms with van der Waals surface area (Å²) in [5.74, 6) is 0.973. The van der Waals surface area contributed by atoms with E-state index >= 15 is 0 Å². The molecule has 1 saturated heterocycles. The smallest absolute Gasteiger partial charge is 0.423 e. The number of rotatable bonds is 3. The van der Waals surface area contributed by atoms with Crippen LogP contribution in [-0.2, 0) is 10.2 Å². The molecule has 2 aliphatic heterocycles. The molecule has 1 aromatic heterocycles. The molecule has 2 N–H and O–H groups in total. The van der Waals surface area contributed by atoms with E-state index in [1.54, 1.807) is 6.07 Å². The van der Waals surface area contributed by atoms with E-state index in [-0.39, 0.29) is 11.9 Å². The first-order valence-corrected chi connectivity index (χ1v) is 9.82. The zero-order valence-corrected chi connectivity index (χ0v) is 15.4. The fourth-order valence-corrected chi connectivity index (χ4v) is 5.60. The summed E-state index contributed by atoms with van der Waals surface area (Å²) < 4.78 is 0. The quantitative estimate of drug-likeness (QED) is 0.768. The van der Waals surface area contributed by atoms with Crippen molar-refractivity contribution in [3.8, 4) is 0 Å². The zero-order valence-electron chi connectivity index (χ0n) is 15.4. The fourth-order valence-electron chi connectivity index (χ4n) is 5.60. The summed E-state index contributed by atoms with van der Waals surface area (Å²) in [6, 6.07) is 3.28. The number of pyridine rings is 1.